The lowest BCUT2D eigenvalue weighted by molar-refractivity contribution is -0.149. The second-order valence-electron chi connectivity index (χ2n) is 5.83. The summed E-state index contributed by atoms with van der Waals surface area (Å²) in [4.78, 5) is 25.8. The van der Waals surface area contributed by atoms with Crippen LogP contribution in [0.25, 0.3) is 0 Å². The summed E-state index contributed by atoms with van der Waals surface area (Å²) in [6, 6.07) is -0.531. The number of hydrogen-bond donors (Lipinski definition) is 2. The number of amides is 2. The molecule has 4 N–H and O–H groups in total. The Morgan fingerprint density at radius 3 is 2.50 bits per heavy atom. The second kappa shape index (κ2) is 4.88. The van der Waals surface area contributed by atoms with Crippen molar-refractivity contribution in [3.05, 3.63) is 0 Å². The zero-order valence-corrected chi connectivity index (χ0v) is 11.0. The van der Waals surface area contributed by atoms with Crippen molar-refractivity contribution in [1.82, 2.24) is 4.90 Å². The van der Waals surface area contributed by atoms with Crippen LogP contribution in [0, 0.1) is 5.41 Å². The predicted molar refractivity (Wildman–Crippen MR) is 68.5 cm³/mol. The van der Waals surface area contributed by atoms with Crippen LogP contribution in [0.3, 0.4) is 0 Å². The zero-order valence-electron chi connectivity index (χ0n) is 11.0. The van der Waals surface area contributed by atoms with E-state index in [1.54, 1.807) is 4.90 Å². The minimum Gasteiger partial charge on any atom is -0.368 e. The van der Waals surface area contributed by atoms with E-state index < -0.39 is 17.4 Å². The lowest BCUT2D eigenvalue weighted by Gasteiger charge is -2.40. The minimum absolute atomic E-state index is 0.0241. The zero-order chi connectivity index (χ0) is 13.3. The first-order valence-electron chi connectivity index (χ1n) is 6.83. The molecular weight excluding hydrogens is 230 g/mol. The number of rotatable bonds is 2. The van der Waals surface area contributed by atoms with Crippen molar-refractivity contribution in [2.24, 2.45) is 16.9 Å². The van der Waals surface area contributed by atoms with Gasteiger partial charge in [-0.15, -0.1) is 0 Å². The van der Waals surface area contributed by atoms with Gasteiger partial charge in [-0.2, -0.15) is 0 Å². The first kappa shape index (κ1) is 13.3. The molecule has 3 atom stereocenters. The Bertz CT molecular complexity index is 358. The third-order valence-corrected chi connectivity index (χ3v) is 4.61. The molecule has 5 nitrogen and oxygen atoms in total. The van der Waals surface area contributed by atoms with Crippen LogP contribution in [0.15, 0.2) is 0 Å². The van der Waals surface area contributed by atoms with E-state index >= 15 is 0 Å². The van der Waals surface area contributed by atoms with Gasteiger partial charge in [0.25, 0.3) is 0 Å². The molecule has 0 aromatic heterocycles. The van der Waals surface area contributed by atoms with Crippen LogP contribution < -0.4 is 11.5 Å². The summed E-state index contributed by atoms with van der Waals surface area (Å²) in [5.41, 5.74) is 11.0. The Morgan fingerprint density at radius 1 is 1.22 bits per heavy atom. The maximum atomic E-state index is 12.7. The molecule has 102 valence electrons. The predicted octanol–water partition coefficient (Wildman–Crippen LogP) is 0.370. The summed E-state index contributed by atoms with van der Waals surface area (Å²) in [5, 5.41) is 0. The van der Waals surface area contributed by atoms with Crippen LogP contribution in [0.1, 0.15) is 45.4 Å². The molecule has 2 rings (SSSR count). The van der Waals surface area contributed by atoms with Gasteiger partial charge in [-0.1, -0.05) is 6.42 Å². The van der Waals surface area contributed by atoms with Crippen LogP contribution in [0.2, 0.25) is 0 Å². The number of likely N-dealkylation sites (tertiary alicyclic amines) is 1. The lowest BCUT2D eigenvalue weighted by Crippen LogP contribution is -2.57. The standard InChI is InChI=1S/C13H23N3O2/c1-13(7-4-6-10(13)14)12(18)16-8-3-2-5-9(16)11(15)17/h9-10H,2-8,14H2,1H3,(H2,15,17). The Kier molecular flexibility index (Phi) is 3.61. The van der Waals surface area contributed by atoms with Crippen LogP contribution in [0.5, 0.6) is 0 Å². The molecule has 2 fully saturated rings. The summed E-state index contributed by atoms with van der Waals surface area (Å²) in [5.74, 6) is -0.366. The molecule has 5 heteroatoms. The van der Waals surface area contributed by atoms with Gasteiger partial charge < -0.3 is 16.4 Å². The molecule has 2 amide bonds. The normalized spacial score (nSPS) is 36.7. The molecule has 1 saturated heterocycles. The average Bonchev–Trinajstić information content (AvgIpc) is 2.70. The van der Waals surface area contributed by atoms with Crippen molar-refractivity contribution in [2.75, 3.05) is 6.54 Å². The van der Waals surface area contributed by atoms with E-state index in [-0.39, 0.29) is 11.9 Å². The highest BCUT2D eigenvalue weighted by Crippen LogP contribution is 2.39. The first-order valence-corrected chi connectivity index (χ1v) is 6.83. The fourth-order valence-electron chi connectivity index (χ4n) is 3.26. The van der Waals surface area contributed by atoms with E-state index in [2.05, 4.69) is 0 Å². The Hall–Kier alpha value is -1.10. The molecule has 2 aliphatic rings. The summed E-state index contributed by atoms with van der Waals surface area (Å²) in [6.07, 6.45) is 5.28. The molecule has 0 aromatic rings. The molecule has 1 aliphatic carbocycles. The van der Waals surface area contributed by atoms with Gasteiger partial charge in [0.1, 0.15) is 6.04 Å². The minimum atomic E-state index is -0.509. The summed E-state index contributed by atoms with van der Waals surface area (Å²) in [7, 11) is 0. The topological polar surface area (TPSA) is 89.4 Å². The van der Waals surface area contributed by atoms with Gasteiger partial charge in [-0.25, -0.2) is 0 Å². The van der Waals surface area contributed by atoms with E-state index in [4.69, 9.17) is 11.5 Å². The van der Waals surface area contributed by atoms with Crippen molar-refractivity contribution < 1.29 is 9.59 Å². The highest BCUT2D eigenvalue weighted by Gasteiger charge is 2.47. The SMILES string of the molecule is CC1(C(=O)N2CCCCC2C(N)=O)CCCC1N. The number of carbonyl (C=O) groups excluding carboxylic acids is 2. The lowest BCUT2D eigenvalue weighted by atomic mass is 9.82. The number of primary amides is 1. The van der Waals surface area contributed by atoms with Gasteiger partial charge in [0.15, 0.2) is 0 Å². The van der Waals surface area contributed by atoms with Crippen molar-refractivity contribution in [3.8, 4) is 0 Å². The van der Waals surface area contributed by atoms with Crippen LogP contribution in [-0.2, 0) is 9.59 Å². The third-order valence-electron chi connectivity index (χ3n) is 4.61. The van der Waals surface area contributed by atoms with Gasteiger partial charge in [0.05, 0.1) is 5.41 Å². The van der Waals surface area contributed by atoms with Gasteiger partial charge in [0.2, 0.25) is 11.8 Å². The smallest absolute Gasteiger partial charge is 0.240 e. The highest BCUT2D eigenvalue weighted by molar-refractivity contribution is 5.90. The molecule has 3 unspecified atom stereocenters. The number of carbonyl (C=O) groups is 2. The molecule has 0 aromatic carbocycles. The number of hydrogen-bond acceptors (Lipinski definition) is 3. The quantitative estimate of drug-likeness (QED) is 0.745. The first-order chi connectivity index (χ1) is 8.47. The molecule has 0 bridgehead atoms. The molecular formula is C13H23N3O2. The van der Waals surface area contributed by atoms with Gasteiger partial charge >= 0.3 is 0 Å². The number of nitrogens with two attached hydrogens (primary N) is 2. The molecule has 18 heavy (non-hydrogen) atoms. The Balaban J connectivity index is 2.18. The monoisotopic (exact) mass is 253 g/mol. The van der Waals surface area contributed by atoms with Crippen molar-refractivity contribution >= 4 is 11.8 Å². The van der Waals surface area contributed by atoms with Gasteiger partial charge in [-0.3, -0.25) is 9.59 Å². The summed E-state index contributed by atoms with van der Waals surface area (Å²) >= 11 is 0. The molecule has 1 heterocycles. The van der Waals surface area contributed by atoms with E-state index in [9.17, 15) is 9.59 Å². The third kappa shape index (κ3) is 2.11. The maximum absolute atomic E-state index is 12.7. The average molecular weight is 253 g/mol. The van der Waals surface area contributed by atoms with Crippen LogP contribution >= 0.6 is 0 Å². The Morgan fingerprint density at radius 2 is 1.94 bits per heavy atom. The summed E-state index contributed by atoms with van der Waals surface area (Å²) in [6.45, 7) is 2.56. The Labute approximate surface area is 108 Å². The molecule has 0 spiro atoms. The number of nitrogens with zero attached hydrogens (tertiary/aromatic N) is 1. The molecule has 0 radical (unpaired) electrons. The van der Waals surface area contributed by atoms with E-state index in [0.717, 1.165) is 32.1 Å². The van der Waals surface area contributed by atoms with E-state index in [0.29, 0.717) is 13.0 Å². The van der Waals surface area contributed by atoms with Gasteiger partial charge in [0, 0.05) is 12.6 Å². The van der Waals surface area contributed by atoms with Crippen LogP contribution in [-0.4, -0.2) is 35.3 Å². The van der Waals surface area contributed by atoms with Crippen molar-refractivity contribution in [1.29, 1.82) is 0 Å². The fraction of sp³-hybridized carbons (Fsp3) is 0.846. The highest BCUT2D eigenvalue weighted by atomic mass is 16.2. The van der Waals surface area contributed by atoms with E-state index in [1.807, 2.05) is 6.92 Å². The number of piperidine rings is 1. The molecule has 1 saturated carbocycles. The summed E-state index contributed by atoms with van der Waals surface area (Å²) < 4.78 is 0. The second-order valence-corrected chi connectivity index (χ2v) is 5.83. The maximum Gasteiger partial charge on any atom is 0.240 e. The molecule has 1 aliphatic heterocycles. The van der Waals surface area contributed by atoms with E-state index in [1.165, 1.54) is 0 Å². The van der Waals surface area contributed by atoms with Crippen LogP contribution in [0.4, 0.5) is 0 Å². The van der Waals surface area contributed by atoms with Crippen molar-refractivity contribution in [2.45, 2.75) is 57.5 Å². The fourth-order valence-corrected chi connectivity index (χ4v) is 3.26. The van der Waals surface area contributed by atoms with Gasteiger partial charge in [-0.05, 0) is 39.0 Å². The van der Waals surface area contributed by atoms with Crippen molar-refractivity contribution in [3.63, 3.8) is 0 Å². The largest absolute Gasteiger partial charge is 0.368 e.